The SMILES string of the molecule is O=C(COC(=O)Cn1ccccc1=O)Nc1ccc(N2CCOCC2)cc1. The van der Waals surface area contributed by atoms with Crippen molar-refractivity contribution in [2.24, 2.45) is 0 Å². The number of rotatable bonds is 6. The Bertz CT molecular complexity index is 841. The molecule has 27 heavy (non-hydrogen) atoms. The van der Waals surface area contributed by atoms with Gasteiger partial charge in [-0.3, -0.25) is 14.4 Å². The van der Waals surface area contributed by atoms with Gasteiger partial charge in [0, 0.05) is 36.7 Å². The van der Waals surface area contributed by atoms with E-state index in [4.69, 9.17) is 9.47 Å². The van der Waals surface area contributed by atoms with E-state index in [1.54, 1.807) is 24.3 Å². The van der Waals surface area contributed by atoms with Crippen LogP contribution in [0.3, 0.4) is 0 Å². The number of benzene rings is 1. The van der Waals surface area contributed by atoms with Crippen LogP contribution >= 0.6 is 0 Å². The monoisotopic (exact) mass is 371 g/mol. The van der Waals surface area contributed by atoms with Gasteiger partial charge in [-0.2, -0.15) is 0 Å². The molecule has 1 aliphatic rings. The van der Waals surface area contributed by atoms with Crippen molar-refractivity contribution in [2.45, 2.75) is 6.54 Å². The molecule has 2 heterocycles. The highest BCUT2D eigenvalue weighted by Crippen LogP contribution is 2.18. The number of ether oxygens (including phenoxy) is 2. The molecule has 0 spiro atoms. The number of morpholine rings is 1. The van der Waals surface area contributed by atoms with Gasteiger partial charge in [-0.15, -0.1) is 0 Å². The van der Waals surface area contributed by atoms with Gasteiger partial charge in [0.15, 0.2) is 6.61 Å². The van der Waals surface area contributed by atoms with Crippen LogP contribution in [0.5, 0.6) is 0 Å². The Hall–Kier alpha value is -3.13. The van der Waals surface area contributed by atoms with Gasteiger partial charge in [-0.25, -0.2) is 0 Å². The third-order valence-electron chi connectivity index (χ3n) is 4.09. The molecule has 0 atom stereocenters. The van der Waals surface area contributed by atoms with Gasteiger partial charge in [0.05, 0.1) is 13.2 Å². The number of nitrogens with one attached hydrogen (secondary N) is 1. The maximum Gasteiger partial charge on any atom is 0.326 e. The predicted octanol–water partition coefficient (Wildman–Crippen LogP) is 0.867. The van der Waals surface area contributed by atoms with E-state index >= 15 is 0 Å². The Morgan fingerprint density at radius 2 is 1.81 bits per heavy atom. The van der Waals surface area contributed by atoms with Gasteiger partial charge in [-0.1, -0.05) is 6.07 Å². The zero-order chi connectivity index (χ0) is 19.1. The fraction of sp³-hybridized carbons (Fsp3) is 0.316. The standard InChI is InChI=1S/C19H21N3O5/c23-17(14-27-19(25)13-22-8-2-1-3-18(22)24)20-15-4-6-16(7-5-15)21-9-11-26-12-10-21/h1-8H,9-14H2,(H,20,23). The number of nitrogens with zero attached hydrogens (tertiary/aromatic N) is 2. The summed E-state index contributed by atoms with van der Waals surface area (Å²) in [5.41, 5.74) is 1.38. The summed E-state index contributed by atoms with van der Waals surface area (Å²) in [5.74, 6) is -1.09. The molecule has 1 fully saturated rings. The second-order valence-electron chi connectivity index (χ2n) is 6.02. The molecule has 1 amide bonds. The van der Waals surface area contributed by atoms with E-state index in [0.29, 0.717) is 18.9 Å². The van der Waals surface area contributed by atoms with Crippen molar-refractivity contribution in [1.82, 2.24) is 4.57 Å². The molecule has 1 aromatic carbocycles. The molecule has 8 heteroatoms. The first-order chi connectivity index (χ1) is 13.1. The Morgan fingerprint density at radius 1 is 1.07 bits per heavy atom. The van der Waals surface area contributed by atoms with Crippen LogP contribution < -0.4 is 15.8 Å². The van der Waals surface area contributed by atoms with Gasteiger partial charge in [0.25, 0.3) is 11.5 Å². The topological polar surface area (TPSA) is 89.9 Å². The lowest BCUT2D eigenvalue weighted by atomic mass is 10.2. The number of aromatic nitrogens is 1. The molecule has 0 unspecified atom stereocenters. The summed E-state index contributed by atoms with van der Waals surface area (Å²) in [6.45, 7) is 2.45. The second kappa shape index (κ2) is 9.00. The summed E-state index contributed by atoms with van der Waals surface area (Å²) in [7, 11) is 0. The van der Waals surface area contributed by atoms with Crippen LogP contribution in [0.25, 0.3) is 0 Å². The lowest BCUT2D eigenvalue weighted by molar-refractivity contribution is -0.147. The zero-order valence-electron chi connectivity index (χ0n) is 14.8. The van der Waals surface area contributed by atoms with Gasteiger partial charge in [0.1, 0.15) is 6.54 Å². The lowest BCUT2D eigenvalue weighted by Gasteiger charge is -2.28. The number of pyridine rings is 1. The van der Waals surface area contributed by atoms with Crippen molar-refractivity contribution in [2.75, 3.05) is 43.1 Å². The average Bonchev–Trinajstić information content (AvgIpc) is 2.69. The van der Waals surface area contributed by atoms with Crippen molar-refractivity contribution in [3.63, 3.8) is 0 Å². The molecule has 0 bridgehead atoms. The summed E-state index contributed by atoms with van der Waals surface area (Å²) in [4.78, 5) is 37.5. The Kier molecular flexibility index (Phi) is 6.22. The molecule has 1 saturated heterocycles. The van der Waals surface area contributed by atoms with Crippen LogP contribution in [0, 0.1) is 0 Å². The molecule has 1 N–H and O–H groups in total. The molecule has 142 valence electrons. The minimum absolute atomic E-state index is 0.235. The van der Waals surface area contributed by atoms with E-state index in [1.807, 2.05) is 12.1 Å². The van der Waals surface area contributed by atoms with Crippen molar-refractivity contribution < 1.29 is 19.1 Å². The maximum atomic E-state index is 11.9. The summed E-state index contributed by atoms with van der Waals surface area (Å²) in [6.07, 6.45) is 1.49. The van der Waals surface area contributed by atoms with Gasteiger partial charge in [0.2, 0.25) is 0 Å². The van der Waals surface area contributed by atoms with E-state index in [2.05, 4.69) is 10.2 Å². The highest BCUT2D eigenvalue weighted by atomic mass is 16.5. The van der Waals surface area contributed by atoms with E-state index in [-0.39, 0.29) is 12.1 Å². The largest absolute Gasteiger partial charge is 0.454 e. The second-order valence-corrected chi connectivity index (χ2v) is 6.02. The number of esters is 1. The van der Waals surface area contributed by atoms with Gasteiger partial charge >= 0.3 is 5.97 Å². The predicted molar refractivity (Wildman–Crippen MR) is 99.8 cm³/mol. The Labute approximate surface area is 156 Å². The van der Waals surface area contributed by atoms with Gasteiger partial charge in [-0.05, 0) is 30.3 Å². The number of carbonyl (C=O) groups is 2. The smallest absolute Gasteiger partial charge is 0.326 e. The minimum Gasteiger partial charge on any atom is -0.454 e. The van der Waals surface area contributed by atoms with Crippen LogP contribution in [0.1, 0.15) is 0 Å². The van der Waals surface area contributed by atoms with Crippen molar-refractivity contribution in [3.05, 3.63) is 59.0 Å². The minimum atomic E-state index is -0.652. The Morgan fingerprint density at radius 3 is 2.52 bits per heavy atom. The number of anilines is 2. The van der Waals surface area contributed by atoms with E-state index in [1.165, 1.54) is 16.8 Å². The van der Waals surface area contributed by atoms with Crippen molar-refractivity contribution >= 4 is 23.3 Å². The first-order valence-corrected chi connectivity index (χ1v) is 8.65. The summed E-state index contributed by atoms with van der Waals surface area (Å²) in [6, 6.07) is 12.0. The lowest BCUT2D eigenvalue weighted by Crippen LogP contribution is -2.36. The molecule has 0 saturated carbocycles. The van der Waals surface area contributed by atoms with Crippen LogP contribution in [0.2, 0.25) is 0 Å². The average molecular weight is 371 g/mol. The highest BCUT2D eigenvalue weighted by Gasteiger charge is 2.12. The molecule has 0 radical (unpaired) electrons. The molecule has 1 aliphatic heterocycles. The van der Waals surface area contributed by atoms with Crippen molar-refractivity contribution in [3.8, 4) is 0 Å². The fourth-order valence-electron chi connectivity index (χ4n) is 2.70. The summed E-state index contributed by atoms with van der Waals surface area (Å²) >= 11 is 0. The van der Waals surface area contributed by atoms with Crippen LogP contribution in [0.15, 0.2) is 53.5 Å². The number of hydrogen-bond donors (Lipinski definition) is 1. The molecule has 2 aromatic rings. The first-order valence-electron chi connectivity index (χ1n) is 8.65. The molecule has 1 aromatic heterocycles. The van der Waals surface area contributed by atoms with Crippen LogP contribution in [-0.4, -0.2) is 49.4 Å². The molecular weight excluding hydrogens is 350 g/mol. The first kappa shape index (κ1) is 18.7. The van der Waals surface area contributed by atoms with E-state index in [9.17, 15) is 14.4 Å². The quantitative estimate of drug-likeness (QED) is 0.758. The molecule has 8 nitrogen and oxygen atoms in total. The van der Waals surface area contributed by atoms with Crippen molar-refractivity contribution in [1.29, 1.82) is 0 Å². The number of amides is 1. The third kappa shape index (κ3) is 5.42. The Balaban J connectivity index is 1.45. The summed E-state index contributed by atoms with van der Waals surface area (Å²) in [5, 5.41) is 2.67. The third-order valence-corrected chi connectivity index (χ3v) is 4.09. The maximum absolute atomic E-state index is 11.9. The zero-order valence-corrected chi connectivity index (χ0v) is 14.8. The van der Waals surface area contributed by atoms with Crippen LogP contribution in [0.4, 0.5) is 11.4 Å². The molecular formula is C19H21N3O5. The van der Waals surface area contributed by atoms with E-state index in [0.717, 1.165) is 18.8 Å². The number of hydrogen-bond acceptors (Lipinski definition) is 6. The molecule has 3 rings (SSSR count). The normalized spacial score (nSPS) is 13.9. The highest BCUT2D eigenvalue weighted by molar-refractivity contribution is 5.92. The fourth-order valence-corrected chi connectivity index (χ4v) is 2.70. The van der Waals surface area contributed by atoms with E-state index < -0.39 is 18.5 Å². The van der Waals surface area contributed by atoms with Crippen LogP contribution in [-0.2, 0) is 25.6 Å². The van der Waals surface area contributed by atoms with Gasteiger partial charge < -0.3 is 24.3 Å². The molecule has 0 aliphatic carbocycles. The number of carbonyl (C=O) groups excluding carboxylic acids is 2. The summed E-state index contributed by atoms with van der Waals surface area (Å²) < 4.78 is 11.5.